The molecule has 0 saturated carbocycles. The fraction of sp³-hybridized carbons (Fsp3) is 0.125. The van der Waals surface area contributed by atoms with Crippen LogP contribution < -0.4 is 4.18 Å². The number of fused-ring (bicyclic) bond motifs is 1. The monoisotopic (exact) mass is 267 g/mol. The lowest BCUT2D eigenvalue weighted by Gasteiger charge is -2.07. The lowest BCUT2D eigenvalue weighted by atomic mass is 10.4. The van der Waals surface area contributed by atoms with Crippen molar-refractivity contribution in [1.29, 1.82) is 0 Å². The third-order valence-electron chi connectivity index (χ3n) is 1.78. The van der Waals surface area contributed by atoms with E-state index in [9.17, 15) is 21.6 Å². The zero-order valence-corrected chi connectivity index (χ0v) is 8.75. The second kappa shape index (κ2) is 3.62. The van der Waals surface area contributed by atoms with Crippen molar-refractivity contribution < 1.29 is 30.2 Å². The molecule has 0 N–H and O–H groups in total. The Labute approximate surface area is 92.9 Å². The molecule has 2 rings (SSSR count). The summed E-state index contributed by atoms with van der Waals surface area (Å²) in [4.78, 5) is 3.66. The Hall–Kier alpha value is -1.77. The van der Waals surface area contributed by atoms with Gasteiger partial charge in [0.25, 0.3) is 0 Å². The zero-order chi connectivity index (χ0) is 12.7. The predicted octanol–water partition coefficient (Wildman–Crippen LogP) is 2.06. The van der Waals surface area contributed by atoms with Crippen LogP contribution >= 0.6 is 0 Å². The lowest BCUT2D eigenvalue weighted by Crippen LogP contribution is -2.27. The van der Waals surface area contributed by atoms with Gasteiger partial charge in [0.2, 0.25) is 5.75 Å². The van der Waals surface area contributed by atoms with Gasteiger partial charge >= 0.3 is 15.6 Å². The fourth-order valence-corrected chi connectivity index (χ4v) is 1.52. The van der Waals surface area contributed by atoms with E-state index in [0.29, 0.717) is 0 Å². The molecule has 0 unspecified atom stereocenters. The maximum absolute atomic E-state index is 12.1. The smallest absolute Gasteiger partial charge is 0.459 e. The van der Waals surface area contributed by atoms with Crippen LogP contribution in [0.1, 0.15) is 0 Å². The van der Waals surface area contributed by atoms with E-state index >= 15 is 0 Å². The molecular formula is C8H4F3NO4S. The average Bonchev–Trinajstić information content (AvgIpc) is 2.60. The molecule has 5 nitrogen and oxygen atoms in total. The summed E-state index contributed by atoms with van der Waals surface area (Å²) < 4.78 is 66.4. The van der Waals surface area contributed by atoms with Gasteiger partial charge in [0.15, 0.2) is 11.1 Å². The molecule has 0 aromatic carbocycles. The molecule has 2 aromatic heterocycles. The summed E-state index contributed by atoms with van der Waals surface area (Å²) in [5, 5.41) is 0. The summed E-state index contributed by atoms with van der Waals surface area (Å²) in [6.45, 7) is 0. The first-order chi connectivity index (χ1) is 7.81. The van der Waals surface area contributed by atoms with Gasteiger partial charge < -0.3 is 8.60 Å². The van der Waals surface area contributed by atoms with Gasteiger partial charge in [-0.3, -0.25) is 0 Å². The minimum atomic E-state index is -5.71. The highest BCUT2D eigenvalue weighted by Gasteiger charge is 2.49. The zero-order valence-electron chi connectivity index (χ0n) is 7.93. The molecule has 0 amide bonds. The number of furan rings is 1. The van der Waals surface area contributed by atoms with Crippen molar-refractivity contribution in [3.63, 3.8) is 0 Å². The highest BCUT2D eigenvalue weighted by Crippen LogP contribution is 2.31. The van der Waals surface area contributed by atoms with Crippen molar-refractivity contribution in [3.8, 4) is 5.75 Å². The van der Waals surface area contributed by atoms with Gasteiger partial charge in [-0.05, 0) is 12.1 Å². The summed E-state index contributed by atoms with van der Waals surface area (Å²) in [6.07, 6.45) is 2.02. The summed E-state index contributed by atoms with van der Waals surface area (Å²) in [5.41, 5.74) is -5.47. The van der Waals surface area contributed by atoms with Crippen LogP contribution in [0.25, 0.3) is 11.1 Å². The number of pyridine rings is 1. The maximum atomic E-state index is 12.1. The van der Waals surface area contributed by atoms with Gasteiger partial charge in [-0.2, -0.15) is 21.6 Å². The fourth-order valence-electron chi connectivity index (χ4n) is 1.07. The van der Waals surface area contributed by atoms with Gasteiger partial charge in [-0.25, -0.2) is 4.98 Å². The minimum Gasteiger partial charge on any atom is -0.459 e. The molecule has 9 heteroatoms. The molecule has 0 spiro atoms. The third-order valence-corrected chi connectivity index (χ3v) is 2.75. The molecule has 17 heavy (non-hydrogen) atoms. The second-order valence-corrected chi connectivity index (χ2v) is 4.47. The van der Waals surface area contributed by atoms with E-state index in [0.717, 1.165) is 6.26 Å². The van der Waals surface area contributed by atoms with Crippen molar-refractivity contribution in [1.82, 2.24) is 4.98 Å². The predicted molar refractivity (Wildman–Crippen MR) is 49.6 cm³/mol. The minimum absolute atomic E-state index is 0.0969. The number of halogens is 3. The number of aromatic nitrogens is 1. The van der Waals surface area contributed by atoms with Crippen molar-refractivity contribution >= 4 is 21.2 Å². The van der Waals surface area contributed by atoms with Gasteiger partial charge in [-0.15, -0.1) is 0 Å². The molecule has 2 heterocycles. The molecule has 0 aliphatic carbocycles. The van der Waals surface area contributed by atoms with E-state index < -0.39 is 21.4 Å². The first-order valence-electron chi connectivity index (χ1n) is 4.14. The van der Waals surface area contributed by atoms with E-state index in [1.165, 1.54) is 18.3 Å². The number of hydrogen-bond acceptors (Lipinski definition) is 5. The first-order valence-corrected chi connectivity index (χ1v) is 5.55. The molecular weight excluding hydrogens is 263 g/mol. The highest BCUT2D eigenvalue weighted by molar-refractivity contribution is 7.88. The van der Waals surface area contributed by atoms with Crippen LogP contribution in [0.3, 0.4) is 0 Å². The van der Waals surface area contributed by atoms with Crippen molar-refractivity contribution in [2.24, 2.45) is 0 Å². The Kier molecular flexibility index (Phi) is 2.49. The van der Waals surface area contributed by atoms with Gasteiger partial charge in [0.1, 0.15) is 6.26 Å². The Bertz CT molecular complexity index is 646. The number of alkyl halides is 3. The van der Waals surface area contributed by atoms with E-state index in [-0.39, 0.29) is 11.1 Å². The Morgan fingerprint density at radius 3 is 2.71 bits per heavy atom. The van der Waals surface area contributed by atoms with E-state index in [1.54, 1.807) is 0 Å². The van der Waals surface area contributed by atoms with Crippen LogP contribution in [-0.2, 0) is 10.1 Å². The normalized spacial score (nSPS) is 12.9. The molecule has 0 saturated heterocycles. The van der Waals surface area contributed by atoms with Crippen molar-refractivity contribution in [2.75, 3.05) is 0 Å². The van der Waals surface area contributed by atoms with Gasteiger partial charge in [0.05, 0.1) is 0 Å². The highest BCUT2D eigenvalue weighted by atomic mass is 32.2. The summed E-state index contributed by atoms with van der Waals surface area (Å²) in [5.74, 6) is -0.599. The summed E-state index contributed by atoms with van der Waals surface area (Å²) in [6, 6.07) is 2.89. The third kappa shape index (κ3) is 2.05. The van der Waals surface area contributed by atoms with Crippen LogP contribution in [0.4, 0.5) is 13.2 Å². The standard InChI is InChI=1S/C8H4F3NO4S/c9-8(10,11)17(13,14)16-6-4-15-5-2-1-3-12-7(5)6/h1-4H. The second-order valence-electron chi connectivity index (χ2n) is 2.93. The maximum Gasteiger partial charge on any atom is 0.534 e. The van der Waals surface area contributed by atoms with Crippen molar-refractivity contribution in [3.05, 3.63) is 24.6 Å². The SMILES string of the molecule is O=S(=O)(Oc1coc2cccnc12)C(F)(F)F. The molecule has 0 bridgehead atoms. The Morgan fingerprint density at radius 1 is 1.35 bits per heavy atom. The quantitative estimate of drug-likeness (QED) is 0.615. The van der Waals surface area contributed by atoms with Gasteiger partial charge in [-0.1, -0.05) is 0 Å². The van der Waals surface area contributed by atoms with Crippen molar-refractivity contribution in [2.45, 2.75) is 5.51 Å². The number of nitrogens with zero attached hydrogens (tertiary/aromatic N) is 1. The molecule has 92 valence electrons. The molecule has 0 aliphatic rings. The molecule has 0 fully saturated rings. The van der Waals surface area contributed by atoms with Crippen LogP contribution in [-0.4, -0.2) is 18.9 Å². The number of rotatable bonds is 2. The average molecular weight is 267 g/mol. The Balaban J connectivity index is 2.44. The van der Waals surface area contributed by atoms with Crippen LogP contribution in [0.15, 0.2) is 29.0 Å². The van der Waals surface area contributed by atoms with Crippen LogP contribution in [0.5, 0.6) is 5.75 Å². The first kappa shape index (κ1) is 11.7. The van der Waals surface area contributed by atoms with Crippen LogP contribution in [0.2, 0.25) is 0 Å². The molecule has 0 radical (unpaired) electrons. The van der Waals surface area contributed by atoms with E-state index in [2.05, 4.69) is 9.17 Å². The Morgan fingerprint density at radius 2 is 2.06 bits per heavy atom. The van der Waals surface area contributed by atoms with Crippen LogP contribution in [0, 0.1) is 0 Å². The number of hydrogen-bond donors (Lipinski definition) is 0. The molecule has 0 aliphatic heterocycles. The molecule has 2 aromatic rings. The van der Waals surface area contributed by atoms with E-state index in [4.69, 9.17) is 4.42 Å². The van der Waals surface area contributed by atoms with Gasteiger partial charge in [0, 0.05) is 6.20 Å². The topological polar surface area (TPSA) is 69.4 Å². The lowest BCUT2D eigenvalue weighted by molar-refractivity contribution is -0.0499. The largest absolute Gasteiger partial charge is 0.534 e. The molecule has 0 atom stereocenters. The summed E-state index contributed by atoms with van der Waals surface area (Å²) in [7, 11) is -5.71. The van der Waals surface area contributed by atoms with E-state index in [1.807, 2.05) is 0 Å². The summed E-state index contributed by atoms with van der Waals surface area (Å²) >= 11 is 0.